The standard InChI is InChI=1S/C36H51N2O7P/c1-7-9-22-43-46(42,44-23-10-8-2)45-33-19-13-18-30-34(33)37-35-31(24-29(39)25-32(35)40)38(36(30)41)21-20-28(6)17-12-16-27(5)15-11-14-26(3)4/h13-14,16,18-20,24-25,37,39-40H,7-12,15,17,21-23H2,1-6H3/b27-16+,28-20+. The van der Waals surface area contributed by atoms with Crippen molar-refractivity contribution in [3.63, 3.8) is 0 Å². The Morgan fingerprint density at radius 1 is 0.891 bits per heavy atom. The molecule has 0 aromatic heterocycles. The van der Waals surface area contributed by atoms with Gasteiger partial charge in [0.2, 0.25) is 0 Å². The fourth-order valence-corrected chi connectivity index (χ4v) is 6.13. The molecule has 3 N–H and O–H groups in total. The number of phosphoric ester groups is 1. The number of carbonyl (C=O) groups excluding carboxylic acids is 1. The molecule has 0 bridgehead atoms. The van der Waals surface area contributed by atoms with Crippen LogP contribution >= 0.6 is 7.82 Å². The lowest BCUT2D eigenvalue weighted by Gasteiger charge is -2.22. The minimum absolute atomic E-state index is 0.0842. The Balaban J connectivity index is 1.91. The smallest absolute Gasteiger partial charge is 0.508 e. The number of carbonyl (C=O) groups is 1. The van der Waals surface area contributed by atoms with Crippen molar-refractivity contribution in [3.8, 4) is 17.2 Å². The lowest BCUT2D eigenvalue weighted by atomic mass is 10.1. The SMILES string of the molecule is CCCCOP(=O)(OCCCC)Oc1cccc2c1Nc1c(O)cc(O)cc1N(C/C=C(\C)CC/C=C(\C)CCC=C(C)C)C2=O. The van der Waals surface area contributed by atoms with Crippen molar-refractivity contribution < 1.29 is 33.1 Å². The summed E-state index contributed by atoms with van der Waals surface area (Å²) in [6.07, 6.45) is 13.3. The summed E-state index contributed by atoms with van der Waals surface area (Å²) >= 11 is 0. The van der Waals surface area contributed by atoms with Crippen molar-refractivity contribution in [1.29, 1.82) is 0 Å². The molecule has 1 aliphatic heterocycles. The van der Waals surface area contributed by atoms with E-state index in [0.717, 1.165) is 44.1 Å². The highest BCUT2D eigenvalue weighted by Crippen LogP contribution is 2.53. The lowest BCUT2D eigenvalue weighted by Crippen LogP contribution is -2.30. The summed E-state index contributed by atoms with van der Waals surface area (Å²) in [7, 11) is -4.04. The summed E-state index contributed by atoms with van der Waals surface area (Å²) in [5.41, 5.74) is 4.74. The minimum atomic E-state index is -4.04. The zero-order valence-electron chi connectivity index (χ0n) is 28.2. The summed E-state index contributed by atoms with van der Waals surface area (Å²) in [4.78, 5) is 15.6. The molecule has 0 saturated carbocycles. The molecule has 0 atom stereocenters. The second kappa shape index (κ2) is 18.0. The number of benzene rings is 2. The summed E-state index contributed by atoms with van der Waals surface area (Å²) in [5.74, 6) is -0.748. The number of nitrogens with one attached hydrogen (secondary N) is 1. The molecule has 1 heterocycles. The molecular formula is C36H51N2O7P. The molecule has 0 unspecified atom stereocenters. The molecule has 0 fully saturated rings. The molecule has 252 valence electrons. The molecule has 2 aromatic rings. The number of hydrogen-bond donors (Lipinski definition) is 3. The predicted octanol–water partition coefficient (Wildman–Crippen LogP) is 10.3. The number of nitrogens with zero attached hydrogens (tertiary/aromatic N) is 1. The number of phenolic OH excluding ortho intramolecular Hbond substituents is 2. The largest absolute Gasteiger partial charge is 0.530 e. The number of para-hydroxylation sites is 1. The van der Waals surface area contributed by atoms with Crippen LogP contribution in [0, 0.1) is 0 Å². The number of fused-ring (bicyclic) bond motifs is 2. The average molecular weight is 655 g/mol. The van der Waals surface area contributed by atoms with Gasteiger partial charge in [-0.25, -0.2) is 4.57 Å². The monoisotopic (exact) mass is 654 g/mol. The second-order valence-corrected chi connectivity index (χ2v) is 13.5. The van der Waals surface area contributed by atoms with Crippen molar-refractivity contribution in [1.82, 2.24) is 0 Å². The van der Waals surface area contributed by atoms with Crippen LogP contribution < -0.4 is 14.7 Å². The predicted molar refractivity (Wildman–Crippen MR) is 187 cm³/mol. The van der Waals surface area contributed by atoms with Crippen LogP contribution in [0.25, 0.3) is 0 Å². The molecule has 0 saturated heterocycles. The van der Waals surface area contributed by atoms with E-state index in [0.29, 0.717) is 18.5 Å². The Hall–Kier alpha value is -3.52. The van der Waals surface area contributed by atoms with Gasteiger partial charge in [-0.15, -0.1) is 0 Å². The van der Waals surface area contributed by atoms with Gasteiger partial charge in [0.15, 0.2) is 5.75 Å². The van der Waals surface area contributed by atoms with Gasteiger partial charge in [0, 0.05) is 18.7 Å². The maximum Gasteiger partial charge on any atom is 0.530 e. The Kier molecular flexibility index (Phi) is 14.4. The van der Waals surface area contributed by atoms with Crippen molar-refractivity contribution in [2.75, 3.05) is 30.0 Å². The number of hydrogen-bond acceptors (Lipinski definition) is 8. The maximum atomic E-state index is 14.1. The van der Waals surface area contributed by atoms with E-state index in [4.69, 9.17) is 13.6 Å². The molecule has 46 heavy (non-hydrogen) atoms. The van der Waals surface area contributed by atoms with Gasteiger partial charge in [0.05, 0.1) is 30.2 Å². The van der Waals surface area contributed by atoms with Gasteiger partial charge in [0.1, 0.15) is 17.2 Å². The van der Waals surface area contributed by atoms with Crippen LogP contribution in [0.4, 0.5) is 17.1 Å². The normalized spacial score (nSPS) is 13.5. The number of phenols is 2. The van der Waals surface area contributed by atoms with Crippen LogP contribution in [0.15, 0.2) is 65.3 Å². The highest BCUT2D eigenvalue weighted by atomic mass is 31.2. The topological polar surface area (TPSA) is 118 Å². The number of rotatable bonds is 18. The van der Waals surface area contributed by atoms with Crippen LogP contribution in [0.5, 0.6) is 17.2 Å². The number of phosphoric acid groups is 1. The van der Waals surface area contributed by atoms with E-state index in [-0.39, 0.29) is 59.9 Å². The lowest BCUT2D eigenvalue weighted by molar-refractivity contribution is 0.0990. The molecule has 2 aromatic carbocycles. The molecular weight excluding hydrogens is 603 g/mol. The number of amides is 1. The van der Waals surface area contributed by atoms with Gasteiger partial charge in [-0.2, -0.15) is 0 Å². The molecule has 1 amide bonds. The quantitative estimate of drug-likeness (QED) is 0.0478. The van der Waals surface area contributed by atoms with Crippen LogP contribution in [-0.2, 0) is 13.6 Å². The van der Waals surface area contributed by atoms with Crippen molar-refractivity contribution in [2.45, 2.75) is 92.9 Å². The van der Waals surface area contributed by atoms with E-state index in [1.54, 1.807) is 18.2 Å². The van der Waals surface area contributed by atoms with E-state index in [1.807, 2.05) is 26.8 Å². The van der Waals surface area contributed by atoms with Gasteiger partial charge < -0.3 is 25.0 Å². The zero-order chi connectivity index (χ0) is 33.7. The number of unbranched alkanes of at least 4 members (excludes halogenated alkanes) is 2. The fraction of sp³-hybridized carbons (Fsp3) is 0.472. The van der Waals surface area contributed by atoms with Gasteiger partial charge in [-0.1, -0.05) is 67.7 Å². The summed E-state index contributed by atoms with van der Waals surface area (Å²) < 4.78 is 30.9. The van der Waals surface area contributed by atoms with Gasteiger partial charge >= 0.3 is 7.82 Å². The Bertz CT molecular complexity index is 1460. The third-order valence-corrected chi connectivity index (χ3v) is 8.99. The van der Waals surface area contributed by atoms with E-state index in [2.05, 4.69) is 38.2 Å². The molecule has 10 heteroatoms. The van der Waals surface area contributed by atoms with Crippen molar-refractivity contribution in [3.05, 3.63) is 70.8 Å². The highest BCUT2D eigenvalue weighted by molar-refractivity contribution is 7.48. The first-order valence-corrected chi connectivity index (χ1v) is 17.7. The Morgan fingerprint density at radius 2 is 1.52 bits per heavy atom. The summed E-state index contributed by atoms with van der Waals surface area (Å²) in [6.45, 7) is 13.0. The average Bonchev–Trinajstić information content (AvgIpc) is 3.11. The van der Waals surface area contributed by atoms with Gasteiger partial charge in [-0.05, 0) is 78.4 Å². The van der Waals surface area contributed by atoms with Crippen molar-refractivity contribution in [2.24, 2.45) is 0 Å². The number of aromatic hydroxyl groups is 2. The molecule has 9 nitrogen and oxygen atoms in total. The number of allylic oxidation sites excluding steroid dienone is 5. The minimum Gasteiger partial charge on any atom is -0.508 e. The maximum absolute atomic E-state index is 14.1. The first kappa shape index (κ1) is 36.9. The van der Waals surface area contributed by atoms with Gasteiger partial charge in [0.25, 0.3) is 5.91 Å². The third-order valence-electron chi connectivity index (χ3n) is 7.57. The second-order valence-electron chi connectivity index (χ2n) is 12.0. The number of anilines is 3. The van der Waals surface area contributed by atoms with Crippen molar-refractivity contribution >= 4 is 30.8 Å². The van der Waals surface area contributed by atoms with Crippen LogP contribution in [0.2, 0.25) is 0 Å². The summed E-state index contributed by atoms with van der Waals surface area (Å²) in [6, 6.07) is 7.47. The Morgan fingerprint density at radius 3 is 2.15 bits per heavy atom. The molecule has 3 rings (SSSR count). The van der Waals surface area contributed by atoms with E-state index >= 15 is 0 Å². The molecule has 0 radical (unpaired) electrons. The van der Waals surface area contributed by atoms with Crippen LogP contribution in [-0.4, -0.2) is 35.9 Å². The fourth-order valence-electron chi connectivity index (χ4n) is 4.85. The summed E-state index contributed by atoms with van der Waals surface area (Å²) in [5, 5.41) is 24.4. The van der Waals surface area contributed by atoms with E-state index in [1.165, 1.54) is 28.2 Å². The molecule has 0 spiro atoms. The molecule has 1 aliphatic rings. The molecule has 0 aliphatic carbocycles. The zero-order valence-corrected chi connectivity index (χ0v) is 29.1. The first-order chi connectivity index (χ1) is 22.0. The van der Waals surface area contributed by atoms with Gasteiger partial charge in [-0.3, -0.25) is 13.8 Å². The van der Waals surface area contributed by atoms with E-state index in [9.17, 15) is 19.6 Å². The van der Waals surface area contributed by atoms with E-state index < -0.39 is 7.82 Å². The Labute approximate surface area is 274 Å². The first-order valence-electron chi connectivity index (χ1n) is 16.3. The highest BCUT2D eigenvalue weighted by Gasteiger charge is 2.34. The van der Waals surface area contributed by atoms with Crippen LogP contribution in [0.3, 0.4) is 0 Å². The van der Waals surface area contributed by atoms with Crippen LogP contribution in [0.1, 0.15) is 103 Å². The third kappa shape index (κ3) is 10.8.